The summed E-state index contributed by atoms with van der Waals surface area (Å²) in [5.41, 5.74) is 2.32. The maximum Gasteiger partial charge on any atom is 0.255 e. The van der Waals surface area contributed by atoms with Crippen molar-refractivity contribution >= 4 is 5.91 Å². The number of aromatic nitrogens is 2. The number of methoxy groups -OCH3 is 1. The summed E-state index contributed by atoms with van der Waals surface area (Å²) in [6.07, 6.45) is 2.09. The van der Waals surface area contributed by atoms with Crippen molar-refractivity contribution in [3.8, 4) is 17.0 Å². The Balaban J connectivity index is 1.77. The third kappa shape index (κ3) is 3.74. The molecule has 1 N–H and O–H groups in total. The second-order valence-corrected chi connectivity index (χ2v) is 5.86. The maximum atomic E-state index is 13.7. The lowest BCUT2D eigenvalue weighted by Gasteiger charge is -2.09. The SMILES string of the molecule is COc1ccccc1-c1nn(C)cc1C(=O)NCCc1ccccc1F. The molecule has 1 heterocycles. The van der Waals surface area contributed by atoms with Crippen LogP contribution >= 0.6 is 0 Å². The number of carbonyl (C=O) groups excluding carboxylic acids is 1. The van der Waals surface area contributed by atoms with Gasteiger partial charge in [-0.25, -0.2) is 4.39 Å². The number of halogens is 1. The van der Waals surface area contributed by atoms with Crippen molar-refractivity contribution in [1.29, 1.82) is 0 Å². The molecule has 0 saturated carbocycles. The van der Waals surface area contributed by atoms with Gasteiger partial charge >= 0.3 is 0 Å². The molecule has 6 heteroatoms. The molecule has 0 aliphatic rings. The Morgan fingerprint density at radius 3 is 2.69 bits per heavy atom. The van der Waals surface area contributed by atoms with Gasteiger partial charge in [0.05, 0.1) is 12.7 Å². The van der Waals surface area contributed by atoms with Crippen LogP contribution in [0.15, 0.2) is 54.7 Å². The van der Waals surface area contributed by atoms with E-state index in [0.29, 0.717) is 35.5 Å². The van der Waals surface area contributed by atoms with Gasteiger partial charge in [0.2, 0.25) is 0 Å². The van der Waals surface area contributed by atoms with Gasteiger partial charge in [-0.1, -0.05) is 30.3 Å². The molecule has 1 aromatic heterocycles. The number of carbonyl (C=O) groups is 1. The first kappa shape index (κ1) is 17.7. The van der Waals surface area contributed by atoms with Crippen LogP contribution in [-0.4, -0.2) is 29.3 Å². The van der Waals surface area contributed by atoms with E-state index >= 15 is 0 Å². The molecular formula is C20H20FN3O2. The minimum atomic E-state index is -0.266. The highest BCUT2D eigenvalue weighted by molar-refractivity contribution is 6.00. The fourth-order valence-electron chi connectivity index (χ4n) is 2.80. The van der Waals surface area contributed by atoms with Crippen molar-refractivity contribution in [2.24, 2.45) is 7.05 Å². The third-order valence-corrected chi connectivity index (χ3v) is 4.07. The fourth-order valence-corrected chi connectivity index (χ4v) is 2.80. The van der Waals surface area contributed by atoms with Gasteiger partial charge in [-0.2, -0.15) is 5.10 Å². The van der Waals surface area contributed by atoms with Gasteiger partial charge < -0.3 is 10.1 Å². The molecule has 0 atom stereocenters. The van der Waals surface area contributed by atoms with Crippen LogP contribution in [0.2, 0.25) is 0 Å². The lowest BCUT2D eigenvalue weighted by molar-refractivity contribution is 0.0954. The summed E-state index contributed by atoms with van der Waals surface area (Å²) in [5, 5.41) is 7.24. The molecule has 3 aromatic rings. The topological polar surface area (TPSA) is 56.2 Å². The molecule has 0 aliphatic carbocycles. The van der Waals surface area contributed by atoms with Gasteiger partial charge in [0, 0.05) is 25.4 Å². The zero-order valence-electron chi connectivity index (χ0n) is 14.7. The van der Waals surface area contributed by atoms with E-state index in [-0.39, 0.29) is 11.7 Å². The molecule has 0 unspecified atom stereocenters. The minimum absolute atomic E-state index is 0.254. The van der Waals surface area contributed by atoms with Crippen LogP contribution in [0, 0.1) is 5.82 Å². The summed E-state index contributed by atoms with van der Waals surface area (Å²) in [7, 11) is 3.34. The van der Waals surface area contributed by atoms with Crippen LogP contribution in [0.4, 0.5) is 4.39 Å². The second-order valence-electron chi connectivity index (χ2n) is 5.86. The predicted molar refractivity (Wildman–Crippen MR) is 97.6 cm³/mol. The largest absolute Gasteiger partial charge is 0.496 e. The van der Waals surface area contributed by atoms with Gasteiger partial charge in [-0.15, -0.1) is 0 Å². The smallest absolute Gasteiger partial charge is 0.255 e. The summed E-state index contributed by atoms with van der Waals surface area (Å²) >= 11 is 0. The standard InChI is InChI=1S/C20H20FN3O2/c1-24-13-16(19(23-24)15-8-4-6-10-18(15)26-2)20(25)22-12-11-14-7-3-5-9-17(14)21/h3-10,13H,11-12H2,1-2H3,(H,22,25). The lowest BCUT2D eigenvalue weighted by Crippen LogP contribution is -2.26. The summed E-state index contributed by atoms with van der Waals surface area (Å²) < 4.78 is 20.6. The molecular weight excluding hydrogens is 333 g/mol. The average Bonchev–Trinajstić information content (AvgIpc) is 3.05. The van der Waals surface area contributed by atoms with Gasteiger partial charge in [-0.05, 0) is 30.2 Å². The fraction of sp³-hybridized carbons (Fsp3) is 0.200. The summed E-state index contributed by atoms with van der Waals surface area (Å²) in [6, 6.07) is 14.0. The number of hydrogen-bond acceptors (Lipinski definition) is 3. The second kappa shape index (κ2) is 7.82. The molecule has 0 saturated heterocycles. The Bertz CT molecular complexity index is 921. The third-order valence-electron chi connectivity index (χ3n) is 4.07. The van der Waals surface area contributed by atoms with Crippen molar-refractivity contribution in [3.05, 3.63) is 71.7 Å². The molecule has 0 aliphatic heterocycles. The highest BCUT2D eigenvalue weighted by Gasteiger charge is 2.19. The van der Waals surface area contributed by atoms with E-state index in [1.807, 2.05) is 24.3 Å². The monoisotopic (exact) mass is 353 g/mol. The molecule has 26 heavy (non-hydrogen) atoms. The normalized spacial score (nSPS) is 10.6. The first-order valence-corrected chi connectivity index (χ1v) is 8.28. The van der Waals surface area contributed by atoms with Gasteiger partial charge in [0.1, 0.15) is 17.3 Å². The number of nitrogens with zero attached hydrogens (tertiary/aromatic N) is 2. The summed E-state index contributed by atoms with van der Waals surface area (Å²) in [6.45, 7) is 0.333. The Morgan fingerprint density at radius 1 is 1.19 bits per heavy atom. The Hall–Kier alpha value is -3.15. The van der Waals surface area contributed by atoms with E-state index in [9.17, 15) is 9.18 Å². The number of hydrogen-bond donors (Lipinski definition) is 1. The first-order valence-electron chi connectivity index (χ1n) is 8.28. The van der Waals surface area contributed by atoms with Crippen LogP contribution in [0.25, 0.3) is 11.3 Å². The molecule has 0 radical (unpaired) electrons. The van der Waals surface area contributed by atoms with Gasteiger partial charge in [0.15, 0.2) is 0 Å². The number of aryl methyl sites for hydroxylation is 1. The number of benzene rings is 2. The number of para-hydroxylation sites is 1. The quantitative estimate of drug-likeness (QED) is 0.740. The molecule has 0 spiro atoms. The predicted octanol–water partition coefficient (Wildman–Crippen LogP) is 3.21. The van der Waals surface area contributed by atoms with E-state index in [1.165, 1.54) is 6.07 Å². The summed E-state index contributed by atoms with van der Waals surface area (Å²) in [4.78, 5) is 12.6. The zero-order valence-corrected chi connectivity index (χ0v) is 14.7. The summed E-state index contributed by atoms with van der Waals surface area (Å²) in [5.74, 6) is 0.125. The minimum Gasteiger partial charge on any atom is -0.496 e. The van der Waals surface area contributed by atoms with E-state index in [1.54, 1.807) is 43.2 Å². The van der Waals surface area contributed by atoms with Gasteiger partial charge in [0.25, 0.3) is 5.91 Å². The molecule has 5 nitrogen and oxygen atoms in total. The zero-order chi connectivity index (χ0) is 18.5. The molecule has 0 bridgehead atoms. The highest BCUT2D eigenvalue weighted by Crippen LogP contribution is 2.30. The molecule has 1 amide bonds. The Kier molecular flexibility index (Phi) is 5.31. The van der Waals surface area contributed by atoms with Crippen LogP contribution in [0.3, 0.4) is 0 Å². The van der Waals surface area contributed by atoms with Gasteiger partial charge in [-0.3, -0.25) is 9.48 Å². The van der Waals surface area contributed by atoms with Crippen molar-refractivity contribution in [1.82, 2.24) is 15.1 Å². The van der Waals surface area contributed by atoms with Crippen molar-refractivity contribution in [3.63, 3.8) is 0 Å². The van der Waals surface area contributed by atoms with E-state index in [0.717, 1.165) is 5.56 Å². The van der Waals surface area contributed by atoms with Crippen LogP contribution in [-0.2, 0) is 13.5 Å². The highest BCUT2D eigenvalue weighted by atomic mass is 19.1. The van der Waals surface area contributed by atoms with Crippen LogP contribution < -0.4 is 10.1 Å². The number of ether oxygens (including phenoxy) is 1. The van der Waals surface area contributed by atoms with E-state index < -0.39 is 0 Å². The van der Waals surface area contributed by atoms with Crippen molar-refractivity contribution in [2.75, 3.05) is 13.7 Å². The molecule has 2 aromatic carbocycles. The van der Waals surface area contributed by atoms with Crippen molar-refractivity contribution in [2.45, 2.75) is 6.42 Å². The van der Waals surface area contributed by atoms with Crippen molar-refractivity contribution < 1.29 is 13.9 Å². The van der Waals surface area contributed by atoms with Crippen LogP contribution in [0.1, 0.15) is 15.9 Å². The lowest BCUT2D eigenvalue weighted by atomic mass is 10.1. The first-order chi connectivity index (χ1) is 12.6. The van der Waals surface area contributed by atoms with Crippen LogP contribution in [0.5, 0.6) is 5.75 Å². The maximum absolute atomic E-state index is 13.7. The number of amides is 1. The number of nitrogens with one attached hydrogen (secondary N) is 1. The van der Waals surface area contributed by atoms with E-state index in [4.69, 9.17) is 4.74 Å². The molecule has 134 valence electrons. The Labute approximate surface area is 151 Å². The molecule has 0 fully saturated rings. The van der Waals surface area contributed by atoms with E-state index in [2.05, 4.69) is 10.4 Å². The average molecular weight is 353 g/mol. The number of rotatable bonds is 6. The molecule has 3 rings (SSSR count). The Morgan fingerprint density at radius 2 is 1.92 bits per heavy atom.